The zero-order valence-corrected chi connectivity index (χ0v) is 26.6. The molecule has 5 aromatic carbocycles. The van der Waals surface area contributed by atoms with Gasteiger partial charge in [-0.05, 0) is 77.4 Å². The molecule has 0 fully saturated rings. The molecule has 0 unspecified atom stereocenters. The molecule has 6 rings (SSSR count). The maximum absolute atomic E-state index is 13.3. The number of nitrogen functional groups attached to an aromatic ring is 1. The summed E-state index contributed by atoms with van der Waals surface area (Å²) in [5.74, 6) is 2.11. The number of benzene rings is 5. The van der Waals surface area contributed by atoms with Crippen LogP contribution < -0.4 is 35.3 Å². The number of carbonyl (C=O) groups excluding carboxylic acids is 2. The lowest BCUT2D eigenvalue weighted by atomic mass is 10.0. The van der Waals surface area contributed by atoms with Crippen LogP contribution in [0.4, 0.5) is 11.4 Å². The van der Waals surface area contributed by atoms with Crippen molar-refractivity contribution in [3.63, 3.8) is 0 Å². The zero-order valence-electron chi connectivity index (χ0n) is 26.6. The minimum atomic E-state index is -0.287. The summed E-state index contributed by atoms with van der Waals surface area (Å²) >= 11 is 0. The van der Waals surface area contributed by atoms with Crippen molar-refractivity contribution in [2.75, 3.05) is 38.9 Å². The largest absolute Gasteiger partial charge is 0.497 e. The van der Waals surface area contributed by atoms with Gasteiger partial charge in [0.2, 0.25) is 5.88 Å². The van der Waals surface area contributed by atoms with E-state index in [1.54, 1.807) is 75.9 Å². The van der Waals surface area contributed by atoms with Crippen molar-refractivity contribution in [3.05, 3.63) is 114 Å². The van der Waals surface area contributed by atoms with E-state index in [0.29, 0.717) is 75.2 Å². The topological polar surface area (TPSA) is 147 Å². The van der Waals surface area contributed by atoms with Gasteiger partial charge in [-0.2, -0.15) is 0 Å². The van der Waals surface area contributed by atoms with Crippen molar-refractivity contribution < 1.29 is 28.5 Å². The number of ether oxygens (including phenoxy) is 4. The normalized spacial score (nSPS) is 10.8. The Morgan fingerprint density at radius 1 is 0.750 bits per heavy atom. The number of hydrogen-bond acceptors (Lipinski definition) is 9. The molecular weight excluding hydrogens is 610 g/mol. The Bertz CT molecular complexity index is 2150. The van der Waals surface area contributed by atoms with Gasteiger partial charge in [-0.15, -0.1) is 0 Å². The fourth-order valence-corrected chi connectivity index (χ4v) is 5.34. The van der Waals surface area contributed by atoms with Crippen LogP contribution in [0.15, 0.2) is 97.3 Å². The monoisotopic (exact) mass is 643 g/mol. The number of rotatable bonds is 11. The van der Waals surface area contributed by atoms with Crippen LogP contribution in [-0.4, -0.2) is 49.7 Å². The standard InChI is InChI=1S/C37H33N5O6/c1-45-25-11-13-31(30(38)18-25)42-35(43)24-8-4-6-22(16-24)14-15-39-36(44)28-9-5-7-23-17-26(10-12-27(23)28)48-37-29-19-33(46-2)34(47-3)20-32(29)40-21-41-37/h4-13,16-21H,14-15,38H2,1-3H3,(H,39,44)(H,42,43). The van der Waals surface area contributed by atoms with Crippen LogP contribution in [-0.2, 0) is 6.42 Å². The summed E-state index contributed by atoms with van der Waals surface area (Å²) in [6.45, 7) is 0.377. The summed E-state index contributed by atoms with van der Waals surface area (Å²) in [5, 5.41) is 8.11. The van der Waals surface area contributed by atoms with E-state index >= 15 is 0 Å². The molecule has 0 spiro atoms. The van der Waals surface area contributed by atoms with Gasteiger partial charge in [0.05, 0.1) is 43.6 Å². The number of fused-ring (bicyclic) bond motifs is 2. The van der Waals surface area contributed by atoms with Gasteiger partial charge in [-0.1, -0.05) is 24.3 Å². The van der Waals surface area contributed by atoms with E-state index in [9.17, 15) is 9.59 Å². The highest BCUT2D eigenvalue weighted by molar-refractivity contribution is 6.07. The fraction of sp³-hybridized carbons (Fsp3) is 0.135. The summed E-state index contributed by atoms with van der Waals surface area (Å²) in [6.07, 6.45) is 1.96. The van der Waals surface area contributed by atoms with Crippen LogP contribution in [0.25, 0.3) is 21.7 Å². The first-order valence-corrected chi connectivity index (χ1v) is 15.1. The van der Waals surface area contributed by atoms with Crippen molar-refractivity contribution in [2.24, 2.45) is 0 Å². The first kappa shape index (κ1) is 31.6. The quantitative estimate of drug-likeness (QED) is 0.136. The van der Waals surface area contributed by atoms with E-state index in [0.717, 1.165) is 16.3 Å². The Labute approximate surface area is 276 Å². The number of nitrogens with one attached hydrogen (secondary N) is 2. The molecule has 0 atom stereocenters. The number of nitrogens with zero attached hydrogens (tertiary/aromatic N) is 2. The third-order valence-corrected chi connectivity index (χ3v) is 7.81. The molecule has 6 aromatic rings. The molecular formula is C37H33N5O6. The first-order chi connectivity index (χ1) is 23.4. The number of nitrogens with two attached hydrogens (primary N) is 1. The van der Waals surface area contributed by atoms with Crippen LogP contribution in [0.1, 0.15) is 26.3 Å². The smallest absolute Gasteiger partial charge is 0.255 e. The Balaban J connectivity index is 1.11. The summed E-state index contributed by atoms with van der Waals surface area (Å²) in [5.41, 5.74) is 9.51. The predicted molar refractivity (Wildman–Crippen MR) is 185 cm³/mol. The second-order valence-electron chi connectivity index (χ2n) is 10.8. The summed E-state index contributed by atoms with van der Waals surface area (Å²) in [6, 6.07) is 26.9. The molecule has 11 heteroatoms. The van der Waals surface area contributed by atoms with Crippen LogP contribution in [0.2, 0.25) is 0 Å². The molecule has 0 saturated heterocycles. The molecule has 0 aliphatic heterocycles. The second-order valence-corrected chi connectivity index (χ2v) is 10.8. The molecule has 0 radical (unpaired) electrons. The number of carbonyl (C=O) groups is 2. The van der Waals surface area contributed by atoms with Gasteiger partial charge in [-0.3, -0.25) is 9.59 Å². The highest BCUT2D eigenvalue weighted by Gasteiger charge is 2.15. The van der Waals surface area contributed by atoms with E-state index in [1.807, 2.05) is 36.4 Å². The molecule has 48 heavy (non-hydrogen) atoms. The van der Waals surface area contributed by atoms with Gasteiger partial charge in [-0.25, -0.2) is 9.97 Å². The maximum atomic E-state index is 13.3. The molecule has 0 bridgehead atoms. The fourth-order valence-electron chi connectivity index (χ4n) is 5.34. The highest BCUT2D eigenvalue weighted by atomic mass is 16.5. The minimum Gasteiger partial charge on any atom is -0.497 e. The van der Waals surface area contributed by atoms with Gasteiger partial charge in [0.1, 0.15) is 17.8 Å². The van der Waals surface area contributed by atoms with Crippen molar-refractivity contribution in [3.8, 4) is 28.9 Å². The van der Waals surface area contributed by atoms with E-state index in [2.05, 4.69) is 20.6 Å². The van der Waals surface area contributed by atoms with Crippen LogP contribution >= 0.6 is 0 Å². The van der Waals surface area contributed by atoms with Gasteiger partial charge >= 0.3 is 0 Å². The molecule has 1 aromatic heterocycles. The van der Waals surface area contributed by atoms with Crippen molar-refractivity contribution in [1.82, 2.24) is 15.3 Å². The lowest BCUT2D eigenvalue weighted by molar-refractivity contribution is 0.0954. The molecule has 11 nitrogen and oxygen atoms in total. The first-order valence-electron chi connectivity index (χ1n) is 15.1. The molecule has 2 amide bonds. The number of methoxy groups -OCH3 is 3. The molecule has 0 aliphatic rings. The lowest BCUT2D eigenvalue weighted by Crippen LogP contribution is -2.26. The van der Waals surface area contributed by atoms with Crippen molar-refractivity contribution >= 4 is 44.9 Å². The zero-order chi connectivity index (χ0) is 33.6. The van der Waals surface area contributed by atoms with Crippen LogP contribution in [0.5, 0.6) is 28.9 Å². The summed E-state index contributed by atoms with van der Waals surface area (Å²) < 4.78 is 22.2. The third-order valence-electron chi connectivity index (χ3n) is 7.81. The van der Waals surface area contributed by atoms with E-state index in [1.165, 1.54) is 6.33 Å². The Hall–Kier alpha value is -6.36. The number of hydrogen-bond donors (Lipinski definition) is 3. The Morgan fingerprint density at radius 2 is 1.54 bits per heavy atom. The summed E-state index contributed by atoms with van der Waals surface area (Å²) in [7, 11) is 4.68. The van der Waals surface area contributed by atoms with Gasteiger partial charge in [0, 0.05) is 29.8 Å². The predicted octanol–water partition coefficient (Wildman–Crippen LogP) is 6.41. The van der Waals surface area contributed by atoms with Crippen molar-refractivity contribution in [1.29, 1.82) is 0 Å². The van der Waals surface area contributed by atoms with Crippen LogP contribution in [0.3, 0.4) is 0 Å². The molecule has 0 aliphatic carbocycles. The molecule has 4 N–H and O–H groups in total. The SMILES string of the molecule is COc1ccc(NC(=O)c2cccc(CCNC(=O)c3cccc4cc(Oc5ncnc6cc(OC)c(OC)cc56)ccc34)c2)c(N)c1. The average Bonchev–Trinajstić information content (AvgIpc) is 3.11. The van der Waals surface area contributed by atoms with Gasteiger partial charge < -0.3 is 35.3 Å². The van der Waals surface area contributed by atoms with E-state index in [-0.39, 0.29) is 11.8 Å². The summed E-state index contributed by atoms with van der Waals surface area (Å²) in [4.78, 5) is 34.8. The Morgan fingerprint density at radius 3 is 2.33 bits per heavy atom. The molecule has 0 saturated carbocycles. The highest BCUT2D eigenvalue weighted by Crippen LogP contribution is 2.36. The van der Waals surface area contributed by atoms with Gasteiger partial charge in [0.15, 0.2) is 11.5 Å². The second kappa shape index (κ2) is 14.0. The van der Waals surface area contributed by atoms with E-state index in [4.69, 9.17) is 24.7 Å². The minimum absolute atomic E-state index is 0.207. The van der Waals surface area contributed by atoms with E-state index < -0.39 is 0 Å². The average molecular weight is 644 g/mol. The van der Waals surface area contributed by atoms with Gasteiger partial charge in [0.25, 0.3) is 11.8 Å². The number of aromatic nitrogens is 2. The van der Waals surface area contributed by atoms with Crippen LogP contribution in [0, 0.1) is 0 Å². The number of amides is 2. The third kappa shape index (κ3) is 6.75. The number of anilines is 2. The lowest BCUT2D eigenvalue weighted by Gasteiger charge is -2.13. The molecule has 242 valence electrons. The maximum Gasteiger partial charge on any atom is 0.255 e. The van der Waals surface area contributed by atoms with Crippen molar-refractivity contribution in [2.45, 2.75) is 6.42 Å². The Kier molecular flexibility index (Phi) is 9.19. The molecule has 1 heterocycles.